The molecule has 0 saturated heterocycles. The number of carbonyl (C=O) groups is 2. The Hall–Kier alpha value is -4.06. The van der Waals surface area contributed by atoms with E-state index in [1.165, 1.54) is 0 Å². The van der Waals surface area contributed by atoms with Gasteiger partial charge in [-0.3, -0.25) is 4.79 Å². The molecule has 32 heavy (non-hydrogen) atoms. The van der Waals surface area contributed by atoms with Gasteiger partial charge in [0.1, 0.15) is 5.82 Å². The number of hydrogen-bond acceptors (Lipinski definition) is 4. The van der Waals surface area contributed by atoms with Gasteiger partial charge in [0.25, 0.3) is 0 Å². The van der Waals surface area contributed by atoms with E-state index < -0.39 is 5.97 Å². The maximum Gasteiger partial charge on any atom is 0.336 e. The third kappa shape index (κ3) is 4.64. The van der Waals surface area contributed by atoms with Crippen LogP contribution in [-0.2, 0) is 19.4 Å². The fourth-order valence-electron chi connectivity index (χ4n) is 3.62. The summed E-state index contributed by atoms with van der Waals surface area (Å²) in [6, 6.07) is 24.2. The quantitative estimate of drug-likeness (QED) is 0.414. The summed E-state index contributed by atoms with van der Waals surface area (Å²) in [5.74, 6) is -0.0720. The summed E-state index contributed by atoms with van der Waals surface area (Å²) >= 11 is 0. The molecular formula is C26H23N3O3. The summed E-state index contributed by atoms with van der Waals surface area (Å²) in [4.78, 5) is 28.6. The Balaban J connectivity index is 1.53. The Labute approximate surface area is 186 Å². The molecular weight excluding hydrogens is 402 g/mol. The fourth-order valence-corrected chi connectivity index (χ4v) is 3.62. The predicted molar refractivity (Wildman–Crippen MR) is 122 cm³/mol. The SMILES string of the molecule is CCc1nc(C(=O)Cc2ccccc2)nn1Cc1ccc(-c2ccccc2C(=O)O)cc1. The molecule has 1 heterocycles. The van der Waals surface area contributed by atoms with Crippen molar-refractivity contribution in [3.05, 3.63) is 107 Å². The smallest absolute Gasteiger partial charge is 0.336 e. The van der Waals surface area contributed by atoms with Gasteiger partial charge >= 0.3 is 5.97 Å². The number of ketones is 1. The number of aromatic carboxylic acids is 1. The van der Waals surface area contributed by atoms with E-state index in [4.69, 9.17) is 0 Å². The molecule has 0 spiro atoms. The number of Topliss-reactive ketones (excluding diaryl/α,β-unsaturated/α-hetero) is 1. The Bertz CT molecular complexity index is 1250. The van der Waals surface area contributed by atoms with Crippen LogP contribution >= 0.6 is 0 Å². The van der Waals surface area contributed by atoms with Crippen LogP contribution in [-0.4, -0.2) is 31.6 Å². The van der Waals surface area contributed by atoms with Gasteiger partial charge < -0.3 is 5.11 Å². The average Bonchev–Trinajstić information content (AvgIpc) is 3.23. The number of carboxylic acid groups (broad SMARTS) is 1. The molecule has 0 saturated carbocycles. The summed E-state index contributed by atoms with van der Waals surface area (Å²) < 4.78 is 1.76. The van der Waals surface area contributed by atoms with Crippen molar-refractivity contribution in [2.75, 3.05) is 0 Å². The first-order valence-electron chi connectivity index (χ1n) is 10.5. The van der Waals surface area contributed by atoms with Crippen LogP contribution in [0.2, 0.25) is 0 Å². The van der Waals surface area contributed by atoms with Crippen LogP contribution in [0.4, 0.5) is 0 Å². The molecule has 6 nitrogen and oxygen atoms in total. The molecule has 0 unspecified atom stereocenters. The maximum absolute atomic E-state index is 12.7. The van der Waals surface area contributed by atoms with Crippen molar-refractivity contribution in [2.45, 2.75) is 26.3 Å². The molecule has 0 radical (unpaired) electrons. The largest absolute Gasteiger partial charge is 0.478 e. The predicted octanol–water partition coefficient (Wildman–Crippen LogP) is 4.68. The molecule has 0 fully saturated rings. The molecule has 6 heteroatoms. The second kappa shape index (κ2) is 9.39. The van der Waals surface area contributed by atoms with E-state index in [0.717, 1.165) is 22.5 Å². The molecule has 1 aromatic heterocycles. The minimum atomic E-state index is -0.951. The van der Waals surface area contributed by atoms with E-state index in [1.807, 2.05) is 67.6 Å². The lowest BCUT2D eigenvalue weighted by atomic mass is 9.99. The normalized spacial score (nSPS) is 10.8. The van der Waals surface area contributed by atoms with E-state index in [0.29, 0.717) is 18.5 Å². The molecule has 0 amide bonds. The number of rotatable bonds is 8. The van der Waals surface area contributed by atoms with Gasteiger partial charge in [0, 0.05) is 12.8 Å². The highest BCUT2D eigenvalue weighted by Crippen LogP contribution is 2.24. The van der Waals surface area contributed by atoms with Gasteiger partial charge in [-0.1, -0.05) is 79.7 Å². The molecule has 0 bridgehead atoms. The molecule has 0 aliphatic heterocycles. The zero-order valence-electron chi connectivity index (χ0n) is 17.7. The van der Waals surface area contributed by atoms with Gasteiger partial charge in [0.15, 0.2) is 0 Å². The minimum Gasteiger partial charge on any atom is -0.478 e. The molecule has 4 rings (SSSR count). The summed E-state index contributed by atoms with van der Waals surface area (Å²) in [6.45, 7) is 2.47. The molecule has 4 aromatic rings. The van der Waals surface area contributed by atoms with Crippen LogP contribution in [0, 0.1) is 0 Å². The molecule has 0 aliphatic rings. The van der Waals surface area contributed by atoms with Crippen molar-refractivity contribution >= 4 is 11.8 Å². The number of carbonyl (C=O) groups excluding carboxylic acids is 1. The van der Waals surface area contributed by atoms with Crippen molar-refractivity contribution in [3.63, 3.8) is 0 Å². The molecule has 1 N–H and O–H groups in total. The van der Waals surface area contributed by atoms with Crippen LogP contribution in [0.25, 0.3) is 11.1 Å². The molecule has 3 aromatic carbocycles. The Morgan fingerprint density at radius 3 is 2.25 bits per heavy atom. The van der Waals surface area contributed by atoms with Crippen LogP contribution < -0.4 is 0 Å². The van der Waals surface area contributed by atoms with Gasteiger partial charge in [-0.05, 0) is 28.3 Å². The second-order valence-corrected chi connectivity index (χ2v) is 7.50. The van der Waals surface area contributed by atoms with E-state index in [1.54, 1.807) is 22.9 Å². The maximum atomic E-state index is 12.7. The highest BCUT2D eigenvalue weighted by Gasteiger charge is 2.16. The first-order chi connectivity index (χ1) is 15.5. The van der Waals surface area contributed by atoms with Crippen LogP contribution in [0.1, 0.15) is 44.9 Å². The third-order valence-corrected chi connectivity index (χ3v) is 5.28. The Morgan fingerprint density at radius 2 is 1.56 bits per heavy atom. The van der Waals surface area contributed by atoms with Crippen LogP contribution in [0.5, 0.6) is 0 Å². The Kier molecular flexibility index (Phi) is 6.22. The first kappa shape index (κ1) is 21.2. The van der Waals surface area contributed by atoms with Gasteiger partial charge in [-0.25, -0.2) is 14.5 Å². The third-order valence-electron chi connectivity index (χ3n) is 5.28. The van der Waals surface area contributed by atoms with Crippen LogP contribution in [0.3, 0.4) is 0 Å². The summed E-state index contributed by atoms with van der Waals surface area (Å²) in [6.07, 6.45) is 0.932. The van der Waals surface area contributed by atoms with Gasteiger partial charge in [-0.15, -0.1) is 5.10 Å². The number of nitrogens with zero attached hydrogens (tertiary/aromatic N) is 3. The summed E-state index contributed by atoms with van der Waals surface area (Å²) in [7, 11) is 0. The van der Waals surface area contributed by atoms with E-state index in [9.17, 15) is 14.7 Å². The van der Waals surface area contributed by atoms with Crippen molar-refractivity contribution in [1.82, 2.24) is 14.8 Å². The minimum absolute atomic E-state index is 0.106. The van der Waals surface area contributed by atoms with Crippen LogP contribution in [0.15, 0.2) is 78.9 Å². The number of aromatic nitrogens is 3. The van der Waals surface area contributed by atoms with Crippen molar-refractivity contribution < 1.29 is 14.7 Å². The summed E-state index contributed by atoms with van der Waals surface area (Å²) in [5, 5.41) is 13.9. The number of hydrogen-bond donors (Lipinski definition) is 1. The van der Waals surface area contributed by atoms with Gasteiger partial charge in [-0.2, -0.15) is 0 Å². The van der Waals surface area contributed by atoms with E-state index >= 15 is 0 Å². The molecule has 0 atom stereocenters. The number of carboxylic acids is 1. The van der Waals surface area contributed by atoms with Crippen molar-refractivity contribution in [2.24, 2.45) is 0 Å². The lowest BCUT2D eigenvalue weighted by molar-refractivity contribution is 0.0697. The monoisotopic (exact) mass is 425 g/mol. The van der Waals surface area contributed by atoms with E-state index in [-0.39, 0.29) is 23.6 Å². The van der Waals surface area contributed by atoms with Gasteiger partial charge in [0.2, 0.25) is 11.6 Å². The van der Waals surface area contributed by atoms with Crippen molar-refractivity contribution in [3.8, 4) is 11.1 Å². The molecule has 0 aliphatic carbocycles. The average molecular weight is 425 g/mol. The van der Waals surface area contributed by atoms with Gasteiger partial charge in [0.05, 0.1) is 12.1 Å². The zero-order chi connectivity index (χ0) is 22.5. The number of benzene rings is 3. The highest BCUT2D eigenvalue weighted by atomic mass is 16.4. The first-order valence-corrected chi connectivity index (χ1v) is 10.5. The standard InChI is InChI=1S/C26H23N3O3/c1-2-24-27-25(23(30)16-18-8-4-3-5-9-18)28-29(24)17-19-12-14-20(15-13-19)21-10-6-7-11-22(21)26(31)32/h3-15H,2,16-17H2,1H3,(H,31,32). The number of aryl methyl sites for hydroxylation is 1. The van der Waals surface area contributed by atoms with E-state index in [2.05, 4.69) is 10.1 Å². The van der Waals surface area contributed by atoms with Crippen molar-refractivity contribution in [1.29, 1.82) is 0 Å². The zero-order valence-corrected chi connectivity index (χ0v) is 17.7. The topological polar surface area (TPSA) is 85.1 Å². The lowest BCUT2D eigenvalue weighted by Crippen LogP contribution is -2.08. The highest BCUT2D eigenvalue weighted by molar-refractivity contribution is 5.96. The Morgan fingerprint density at radius 1 is 0.875 bits per heavy atom. The lowest BCUT2D eigenvalue weighted by Gasteiger charge is -2.08. The fraction of sp³-hybridized carbons (Fsp3) is 0.154. The summed E-state index contributed by atoms with van der Waals surface area (Å²) in [5.41, 5.74) is 3.70. The molecule has 160 valence electrons. The second-order valence-electron chi connectivity index (χ2n) is 7.50.